The van der Waals surface area contributed by atoms with Crippen LogP contribution in [0.2, 0.25) is 0 Å². The van der Waals surface area contributed by atoms with Gasteiger partial charge >= 0.3 is 6.03 Å². The summed E-state index contributed by atoms with van der Waals surface area (Å²) in [5.41, 5.74) is 6.88. The molecule has 1 aliphatic heterocycles. The quantitative estimate of drug-likeness (QED) is 0.156. The highest BCUT2D eigenvalue weighted by Gasteiger charge is 2.43. The van der Waals surface area contributed by atoms with Crippen LogP contribution in [0.25, 0.3) is 0 Å². The van der Waals surface area contributed by atoms with Crippen LogP contribution in [-0.2, 0) is 39.5 Å². The van der Waals surface area contributed by atoms with Crippen molar-refractivity contribution in [3.8, 4) is 5.88 Å². The zero-order valence-electron chi connectivity index (χ0n) is 28.3. The first kappa shape index (κ1) is 32.4. The summed E-state index contributed by atoms with van der Waals surface area (Å²) in [6.07, 6.45) is 6.28. The zero-order valence-corrected chi connectivity index (χ0v) is 29.1. The lowest BCUT2D eigenvalue weighted by molar-refractivity contribution is 0.179. The number of aromatic nitrogens is 2. The van der Waals surface area contributed by atoms with Crippen LogP contribution in [0.5, 0.6) is 5.88 Å². The maximum atomic E-state index is 16.0. The van der Waals surface area contributed by atoms with Gasteiger partial charge in [0, 0.05) is 18.7 Å². The van der Waals surface area contributed by atoms with Gasteiger partial charge in [-0.1, -0.05) is 97.1 Å². The van der Waals surface area contributed by atoms with Crippen molar-refractivity contribution in [2.24, 2.45) is 4.36 Å². The molecule has 2 amide bonds. The second kappa shape index (κ2) is 13.2. The molecule has 50 heavy (non-hydrogen) atoms. The van der Waals surface area contributed by atoms with E-state index in [9.17, 15) is 4.79 Å². The summed E-state index contributed by atoms with van der Waals surface area (Å²) in [6, 6.07) is 31.2. The monoisotopic (exact) mass is 687 g/mol. The molecule has 0 saturated carbocycles. The van der Waals surface area contributed by atoms with Gasteiger partial charge in [-0.3, -0.25) is 0 Å². The molecule has 0 radical (unpaired) electrons. The molecule has 0 unspecified atom stereocenters. The molecule has 0 fully saturated rings. The number of rotatable bonds is 9. The fraction of sp³-hybridized carbons (Fsp3) is 0.300. The third-order valence-electron chi connectivity index (χ3n) is 10.3. The third kappa shape index (κ3) is 5.52. The van der Waals surface area contributed by atoms with Gasteiger partial charge in [0.05, 0.1) is 18.8 Å². The molecule has 2 aliphatic carbocycles. The maximum absolute atomic E-state index is 16.0. The van der Waals surface area contributed by atoms with Gasteiger partial charge in [0.15, 0.2) is 9.92 Å². The van der Waals surface area contributed by atoms with E-state index < -0.39 is 21.5 Å². The Kier molecular flexibility index (Phi) is 8.54. The number of hydrogen-bond acceptors (Lipinski definition) is 5. The molecule has 5 aromatic rings. The maximum Gasteiger partial charge on any atom is 0.354 e. The highest BCUT2D eigenvalue weighted by Crippen LogP contribution is 2.45. The Morgan fingerprint density at radius 2 is 1.60 bits per heavy atom. The summed E-state index contributed by atoms with van der Waals surface area (Å²) in [7, 11) is -2.10. The summed E-state index contributed by atoms with van der Waals surface area (Å²) in [5, 5.41) is 7.76. The molecule has 4 aromatic carbocycles. The summed E-state index contributed by atoms with van der Waals surface area (Å²) in [5.74, 6) is 0.505. The van der Waals surface area contributed by atoms with E-state index in [4.69, 9.17) is 9.47 Å². The highest BCUT2D eigenvalue weighted by atomic mass is 32.2. The van der Waals surface area contributed by atoms with E-state index in [-0.39, 0.29) is 16.9 Å². The van der Waals surface area contributed by atoms with Gasteiger partial charge < -0.3 is 14.8 Å². The standard InChI is InChI=1S/C40H41N5O4S/c1-27-25-49-38-35(24-41-45(27)38)50(47,43-39(46)42-37-34-20-12-13-28(34)23-29-21-22-30(26-48-2)36(29)37)44-40(31-14-6-3-7-15-31,32-16-8-4-9-17-32)33-18-10-5-11-19-33/h3-11,14-19,23-24,27,30H,12-13,20-22,25-26H2,1-2H3,(H2,42,43,44,46,47)/t27-,30-,50-/m0/s1. The van der Waals surface area contributed by atoms with Crippen LogP contribution in [0, 0.1) is 0 Å². The summed E-state index contributed by atoms with van der Waals surface area (Å²) < 4.78 is 37.6. The number of fused-ring (bicyclic) bond motifs is 3. The van der Waals surface area contributed by atoms with Crippen molar-refractivity contribution < 1.29 is 18.5 Å². The molecule has 3 aliphatic rings. The van der Waals surface area contributed by atoms with Crippen molar-refractivity contribution in [3.63, 3.8) is 0 Å². The average molecular weight is 688 g/mol. The lowest BCUT2D eigenvalue weighted by Gasteiger charge is -2.37. The molecule has 1 aromatic heterocycles. The minimum atomic E-state index is -3.82. The molecule has 3 atom stereocenters. The molecule has 0 spiro atoms. The normalized spacial score (nSPS) is 18.8. The molecule has 0 bridgehead atoms. The average Bonchev–Trinajstić information content (AvgIpc) is 3.95. The fourth-order valence-corrected chi connectivity index (χ4v) is 9.93. The van der Waals surface area contributed by atoms with Crippen LogP contribution in [0.4, 0.5) is 10.5 Å². The third-order valence-corrected chi connectivity index (χ3v) is 12.2. The molecular formula is C40H41N5O4S. The Morgan fingerprint density at radius 3 is 2.22 bits per heavy atom. The number of carbonyl (C=O) groups excluding carboxylic acids is 1. The van der Waals surface area contributed by atoms with Gasteiger partial charge in [-0.15, -0.1) is 4.36 Å². The number of benzene rings is 4. The fourth-order valence-electron chi connectivity index (χ4n) is 8.05. The number of methoxy groups -OCH3 is 1. The Bertz CT molecular complexity index is 2060. The van der Waals surface area contributed by atoms with Crippen molar-refractivity contribution in [2.45, 2.75) is 61.4 Å². The molecular weight excluding hydrogens is 647 g/mol. The van der Waals surface area contributed by atoms with E-state index in [2.05, 4.69) is 25.6 Å². The lowest BCUT2D eigenvalue weighted by atomic mass is 9.78. The van der Waals surface area contributed by atoms with Crippen molar-refractivity contribution in [1.82, 2.24) is 14.5 Å². The minimum Gasteiger partial charge on any atom is -0.475 e. The Morgan fingerprint density at radius 1 is 0.960 bits per heavy atom. The molecule has 8 rings (SSSR count). The lowest BCUT2D eigenvalue weighted by Crippen LogP contribution is -2.48. The first-order chi connectivity index (χ1) is 24.4. The highest BCUT2D eigenvalue weighted by molar-refractivity contribution is 7.92. The van der Waals surface area contributed by atoms with Crippen molar-refractivity contribution in [3.05, 3.63) is 142 Å². The van der Waals surface area contributed by atoms with Crippen LogP contribution in [0.15, 0.2) is 113 Å². The Hall–Kier alpha value is -4.77. The van der Waals surface area contributed by atoms with E-state index >= 15 is 4.21 Å². The first-order valence-electron chi connectivity index (χ1n) is 17.3. The van der Waals surface area contributed by atoms with Crippen LogP contribution in [0.1, 0.15) is 70.7 Å². The second-order valence-electron chi connectivity index (χ2n) is 13.4. The van der Waals surface area contributed by atoms with Gasteiger partial charge in [0.1, 0.15) is 17.0 Å². The van der Waals surface area contributed by atoms with E-state index in [1.165, 1.54) is 17.3 Å². The van der Waals surface area contributed by atoms with Gasteiger partial charge in [-0.2, -0.15) is 5.10 Å². The molecule has 0 saturated heterocycles. The van der Waals surface area contributed by atoms with Gasteiger partial charge in [0.25, 0.3) is 0 Å². The molecule has 9 nitrogen and oxygen atoms in total. The zero-order chi connectivity index (χ0) is 34.3. The Labute approximate surface area is 293 Å². The van der Waals surface area contributed by atoms with E-state index in [0.717, 1.165) is 65.6 Å². The van der Waals surface area contributed by atoms with Crippen LogP contribution in [-0.4, -0.2) is 40.3 Å². The number of amides is 2. The second-order valence-corrected chi connectivity index (χ2v) is 15.3. The predicted octanol–water partition coefficient (Wildman–Crippen LogP) is 7.56. The largest absolute Gasteiger partial charge is 0.475 e. The van der Waals surface area contributed by atoms with Gasteiger partial charge in [-0.25, -0.2) is 18.4 Å². The van der Waals surface area contributed by atoms with Gasteiger partial charge in [0.2, 0.25) is 5.88 Å². The van der Waals surface area contributed by atoms with E-state index in [1.54, 1.807) is 11.8 Å². The molecule has 2 N–H and O–H groups in total. The van der Waals surface area contributed by atoms with E-state index in [0.29, 0.717) is 19.1 Å². The van der Waals surface area contributed by atoms with Crippen molar-refractivity contribution >= 4 is 21.6 Å². The smallest absolute Gasteiger partial charge is 0.354 e. The predicted molar refractivity (Wildman–Crippen MR) is 194 cm³/mol. The summed E-state index contributed by atoms with van der Waals surface area (Å²) >= 11 is 0. The number of aryl methyl sites for hydroxylation is 2. The topological polar surface area (TPSA) is 107 Å². The molecule has 2 heterocycles. The number of nitrogens with one attached hydrogen (secondary N) is 2. The van der Waals surface area contributed by atoms with Crippen LogP contribution < -0.4 is 14.8 Å². The summed E-state index contributed by atoms with van der Waals surface area (Å²) in [4.78, 5) is 14.7. The number of nitrogens with zero attached hydrogens (tertiary/aromatic N) is 3. The molecule has 10 heteroatoms. The van der Waals surface area contributed by atoms with Crippen molar-refractivity contribution in [2.75, 3.05) is 25.6 Å². The van der Waals surface area contributed by atoms with Crippen molar-refractivity contribution in [1.29, 1.82) is 0 Å². The number of hydrogen-bond donors (Lipinski definition) is 2. The first-order valence-corrected chi connectivity index (χ1v) is 18.8. The molecule has 256 valence electrons. The number of anilines is 1. The Balaban J connectivity index is 1.33. The summed E-state index contributed by atoms with van der Waals surface area (Å²) in [6.45, 7) is 2.93. The minimum absolute atomic E-state index is 0.0643. The number of ether oxygens (including phenoxy) is 2. The van der Waals surface area contributed by atoms with Crippen LogP contribution >= 0.6 is 0 Å². The number of carbonyl (C=O) groups is 1. The van der Waals surface area contributed by atoms with E-state index in [1.807, 2.05) is 97.9 Å². The number of urea groups is 1. The SMILES string of the molecule is COC[C@@H]1CCc2cc3c(c(NC(=O)N=[S@](=O)(NC(c4ccccc4)(c4ccccc4)c4ccccc4)c4cnn5c4OC[C@@H]5C)c21)CCC3. The van der Waals surface area contributed by atoms with Gasteiger partial charge in [-0.05, 0) is 78.0 Å². The van der Waals surface area contributed by atoms with Crippen LogP contribution in [0.3, 0.4) is 0 Å².